The first-order chi connectivity index (χ1) is 9.76. The van der Waals surface area contributed by atoms with Crippen LogP contribution in [0, 0.1) is 11.3 Å². The van der Waals surface area contributed by atoms with Gasteiger partial charge in [0.2, 0.25) is 0 Å². The third-order valence-corrected chi connectivity index (χ3v) is 3.15. The third-order valence-electron chi connectivity index (χ3n) is 2.84. The molecule has 0 radical (unpaired) electrons. The van der Waals surface area contributed by atoms with Crippen molar-refractivity contribution >= 4 is 11.6 Å². The number of alkyl halides is 1. The topological polar surface area (TPSA) is 42.2 Å². The third kappa shape index (κ3) is 3.43. The van der Waals surface area contributed by atoms with Gasteiger partial charge in [0.15, 0.2) is 0 Å². The minimum Gasteiger partial charge on any atom is -0.495 e. The molecule has 0 spiro atoms. The Morgan fingerprint density at radius 2 is 2.00 bits per heavy atom. The van der Waals surface area contributed by atoms with Crippen LogP contribution >= 0.6 is 11.6 Å². The normalized spacial score (nSPS) is 9.85. The molecule has 3 nitrogen and oxygen atoms in total. The van der Waals surface area contributed by atoms with Gasteiger partial charge in [-0.25, -0.2) is 0 Å². The SMILES string of the molecule is COc1cc(COc2cccc(CCl)c2)ccc1C#N. The molecule has 4 heteroatoms. The lowest BCUT2D eigenvalue weighted by atomic mass is 10.1. The summed E-state index contributed by atoms with van der Waals surface area (Å²) < 4.78 is 10.9. The van der Waals surface area contributed by atoms with Crippen molar-refractivity contribution < 1.29 is 9.47 Å². The number of benzene rings is 2. The second-order valence-electron chi connectivity index (χ2n) is 4.22. The Bertz CT molecular complexity index is 635. The van der Waals surface area contributed by atoms with Gasteiger partial charge in [-0.3, -0.25) is 0 Å². The van der Waals surface area contributed by atoms with E-state index in [0.717, 1.165) is 16.9 Å². The van der Waals surface area contributed by atoms with Crippen molar-refractivity contribution in [1.29, 1.82) is 5.26 Å². The number of rotatable bonds is 5. The molecule has 0 saturated heterocycles. The molecule has 0 aliphatic rings. The van der Waals surface area contributed by atoms with Crippen LogP contribution in [0.2, 0.25) is 0 Å². The van der Waals surface area contributed by atoms with Crippen LogP contribution in [-0.4, -0.2) is 7.11 Å². The average molecular weight is 288 g/mol. The summed E-state index contributed by atoms with van der Waals surface area (Å²) >= 11 is 5.79. The van der Waals surface area contributed by atoms with Crippen molar-refractivity contribution in [2.24, 2.45) is 0 Å². The molecule has 2 rings (SSSR count). The van der Waals surface area contributed by atoms with Gasteiger partial charge in [0.05, 0.1) is 12.7 Å². The van der Waals surface area contributed by atoms with Crippen molar-refractivity contribution in [2.45, 2.75) is 12.5 Å². The lowest BCUT2D eigenvalue weighted by Crippen LogP contribution is -1.97. The summed E-state index contributed by atoms with van der Waals surface area (Å²) in [5.74, 6) is 1.79. The molecule has 0 aromatic heterocycles. The van der Waals surface area contributed by atoms with Gasteiger partial charge in [0.1, 0.15) is 24.2 Å². The first kappa shape index (κ1) is 14.2. The molecule has 0 aliphatic carbocycles. The number of nitrogens with zero attached hydrogens (tertiary/aromatic N) is 1. The number of methoxy groups -OCH3 is 1. The zero-order valence-corrected chi connectivity index (χ0v) is 11.9. The van der Waals surface area contributed by atoms with E-state index in [1.54, 1.807) is 13.2 Å². The molecule has 0 saturated carbocycles. The first-order valence-electron chi connectivity index (χ1n) is 6.11. The van der Waals surface area contributed by atoms with E-state index >= 15 is 0 Å². The van der Waals surface area contributed by atoms with Crippen LogP contribution in [0.1, 0.15) is 16.7 Å². The number of halogens is 1. The number of hydrogen-bond acceptors (Lipinski definition) is 3. The van der Waals surface area contributed by atoms with Gasteiger partial charge in [-0.2, -0.15) is 5.26 Å². The van der Waals surface area contributed by atoms with E-state index < -0.39 is 0 Å². The summed E-state index contributed by atoms with van der Waals surface area (Å²) in [4.78, 5) is 0. The largest absolute Gasteiger partial charge is 0.495 e. The van der Waals surface area contributed by atoms with Crippen molar-refractivity contribution in [3.05, 3.63) is 59.2 Å². The Morgan fingerprint density at radius 1 is 1.15 bits per heavy atom. The fourth-order valence-corrected chi connectivity index (χ4v) is 1.97. The van der Waals surface area contributed by atoms with Crippen LogP contribution in [0.4, 0.5) is 0 Å². The summed E-state index contributed by atoms with van der Waals surface area (Å²) in [7, 11) is 1.55. The van der Waals surface area contributed by atoms with E-state index in [9.17, 15) is 0 Å². The molecule has 0 amide bonds. The van der Waals surface area contributed by atoms with Gasteiger partial charge < -0.3 is 9.47 Å². The molecular formula is C16H14ClNO2. The van der Waals surface area contributed by atoms with Crippen molar-refractivity contribution in [3.8, 4) is 17.6 Å². The summed E-state index contributed by atoms with van der Waals surface area (Å²) in [6, 6.07) is 15.1. The fourth-order valence-electron chi connectivity index (χ4n) is 1.80. The van der Waals surface area contributed by atoms with E-state index in [0.29, 0.717) is 23.8 Å². The fraction of sp³-hybridized carbons (Fsp3) is 0.188. The highest BCUT2D eigenvalue weighted by atomic mass is 35.5. The molecule has 0 N–H and O–H groups in total. The van der Waals surface area contributed by atoms with Crippen molar-refractivity contribution in [3.63, 3.8) is 0 Å². The predicted octanol–water partition coefficient (Wildman–Crippen LogP) is 3.88. The Hall–Kier alpha value is -2.18. The van der Waals surface area contributed by atoms with Crippen molar-refractivity contribution in [2.75, 3.05) is 7.11 Å². The summed E-state index contributed by atoms with van der Waals surface area (Å²) in [6.45, 7) is 0.411. The van der Waals surface area contributed by atoms with E-state index in [1.807, 2.05) is 36.4 Å². The van der Waals surface area contributed by atoms with Gasteiger partial charge in [0, 0.05) is 5.88 Å². The molecule has 0 aliphatic heterocycles. The molecule has 0 bridgehead atoms. The monoisotopic (exact) mass is 287 g/mol. The molecule has 2 aromatic carbocycles. The smallest absolute Gasteiger partial charge is 0.137 e. The lowest BCUT2D eigenvalue weighted by Gasteiger charge is -2.09. The van der Waals surface area contributed by atoms with Crippen LogP contribution in [0.5, 0.6) is 11.5 Å². The van der Waals surface area contributed by atoms with E-state index in [-0.39, 0.29) is 0 Å². The van der Waals surface area contributed by atoms with E-state index in [1.165, 1.54) is 0 Å². The Labute approximate surface area is 123 Å². The zero-order valence-electron chi connectivity index (χ0n) is 11.1. The Balaban J connectivity index is 2.09. The van der Waals surface area contributed by atoms with E-state index in [2.05, 4.69) is 6.07 Å². The van der Waals surface area contributed by atoms with Crippen LogP contribution in [0.25, 0.3) is 0 Å². The molecular weight excluding hydrogens is 274 g/mol. The van der Waals surface area contributed by atoms with E-state index in [4.69, 9.17) is 26.3 Å². The highest BCUT2D eigenvalue weighted by molar-refractivity contribution is 6.17. The minimum atomic E-state index is 0.411. The maximum absolute atomic E-state index is 8.93. The maximum Gasteiger partial charge on any atom is 0.137 e. The first-order valence-corrected chi connectivity index (χ1v) is 6.65. The second-order valence-corrected chi connectivity index (χ2v) is 4.48. The molecule has 102 valence electrons. The van der Waals surface area contributed by atoms with Gasteiger partial charge >= 0.3 is 0 Å². The molecule has 0 unspecified atom stereocenters. The summed E-state index contributed by atoms with van der Waals surface area (Å²) in [5, 5.41) is 8.93. The molecule has 0 fully saturated rings. The number of hydrogen-bond donors (Lipinski definition) is 0. The van der Waals surface area contributed by atoms with Crippen LogP contribution in [-0.2, 0) is 12.5 Å². The standard InChI is InChI=1S/C16H14ClNO2/c1-19-16-8-13(5-6-14(16)10-18)11-20-15-4-2-3-12(7-15)9-17/h2-8H,9,11H2,1H3. The summed E-state index contributed by atoms with van der Waals surface area (Å²) in [6.07, 6.45) is 0. The minimum absolute atomic E-state index is 0.411. The molecule has 2 aromatic rings. The highest BCUT2D eigenvalue weighted by Crippen LogP contribution is 2.21. The van der Waals surface area contributed by atoms with Gasteiger partial charge in [-0.15, -0.1) is 11.6 Å². The van der Waals surface area contributed by atoms with Gasteiger partial charge in [-0.1, -0.05) is 18.2 Å². The maximum atomic E-state index is 8.93. The quantitative estimate of drug-likeness (QED) is 0.784. The molecule has 0 atom stereocenters. The van der Waals surface area contributed by atoms with Gasteiger partial charge in [-0.05, 0) is 35.4 Å². The molecule has 20 heavy (non-hydrogen) atoms. The van der Waals surface area contributed by atoms with Crippen molar-refractivity contribution in [1.82, 2.24) is 0 Å². The predicted molar refractivity (Wildman–Crippen MR) is 78.0 cm³/mol. The number of ether oxygens (including phenoxy) is 2. The van der Waals surface area contributed by atoms with Gasteiger partial charge in [0.25, 0.3) is 0 Å². The highest BCUT2D eigenvalue weighted by Gasteiger charge is 2.04. The zero-order chi connectivity index (χ0) is 14.4. The van der Waals surface area contributed by atoms with Crippen LogP contribution in [0.3, 0.4) is 0 Å². The lowest BCUT2D eigenvalue weighted by molar-refractivity contribution is 0.305. The Kier molecular flexibility index (Phi) is 4.86. The second kappa shape index (κ2) is 6.83. The van der Waals surface area contributed by atoms with Crippen LogP contribution in [0.15, 0.2) is 42.5 Å². The average Bonchev–Trinajstić information content (AvgIpc) is 2.52. The Morgan fingerprint density at radius 3 is 2.70 bits per heavy atom. The number of nitriles is 1. The summed E-state index contributed by atoms with van der Waals surface area (Å²) in [5.41, 5.74) is 2.47. The molecule has 0 heterocycles. The van der Waals surface area contributed by atoms with Crippen LogP contribution < -0.4 is 9.47 Å².